The van der Waals surface area contributed by atoms with Gasteiger partial charge in [0.05, 0.1) is 5.69 Å². The number of anilines is 2. The van der Waals surface area contributed by atoms with Gasteiger partial charge in [0.1, 0.15) is 5.15 Å². The molecule has 0 spiro atoms. The number of aromatic nitrogens is 1. The Bertz CT molecular complexity index is 451. The van der Waals surface area contributed by atoms with E-state index in [2.05, 4.69) is 21.7 Å². The lowest BCUT2D eigenvalue weighted by molar-refractivity contribution is 0.202. The summed E-state index contributed by atoms with van der Waals surface area (Å²) in [7, 11) is 0. The predicted molar refractivity (Wildman–Crippen MR) is 75.1 cm³/mol. The van der Waals surface area contributed by atoms with Crippen LogP contribution < -0.4 is 10.6 Å². The largest absolute Gasteiger partial charge is 0.396 e. The zero-order valence-corrected chi connectivity index (χ0v) is 11.4. The van der Waals surface area contributed by atoms with Crippen molar-refractivity contribution in [2.45, 2.75) is 31.8 Å². The molecule has 2 saturated heterocycles. The maximum Gasteiger partial charge on any atom is 0.153 e. The molecule has 2 N–H and O–H groups in total. The van der Waals surface area contributed by atoms with Gasteiger partial charge in [-0.1, -0.05) is 11.6 Å². The minimum absolute atomic E-state index is 0.438. The molecule has 18 heavy (non-hydrogen) atoms. The Kier molecular flexibility index (Phi) is 3.08. The van der Waals surface area contributed by atoms with Gasteiger partial charge in [0.25, 0.3) is 0 Å². The van der Waals surface area contributed by atoms with Crippen molar-refractivity contribution >= 4 is 23.1 Å². The predicted octanol–water partition coefficient (Wildman–Crippen LogP) is 1.99. The van der Waals surface area contributed by atoms with E-state index in [9.17, 15) is 0 Å². The van der Waals surface area contributed by atoms with Gasteiger partial charge in [0.15, 0.2) is 5.82 Å². The Balaban J connectivity index is 1.88. The fraction of sp³-hybridized carbons (Fsp3) is 0.615. The Hall–Kier alpha value is -1.00. The van der Waals surface area contributed by atoms with Crippen LogP contribution >= 0.6 is 11.6 Å². The first-order chi connectivity index (χ1) is 8.65. The molecule has 2 aliphatic rings. The second kappa shape index (κ2) is 4.59. The Labute approximate surface area is 113 Å². The summed E-state index contributed by atoms with van der Waals surface area (Å²) in [5.41, 5.74) is 6.76. The van der Waals surface area contributed by atoms with Gasteiger partial charge in [-0.2, -0.15) is 0 Å². The molecule has 0 aromatic carbocycles. The van der Waals surface area contributed by atoms with Gasteiger partial charge in [-0.3, -0.25) is 4.90 Å². The smallest absolute Gasteiger partial charge is 0.153 e. The van der Waals surface area contributed by atoms with E-state index >= 15 is 0 Å². The first-order valence-corrected chi connectivity index (χ1v) is 6.95. The number of nitrogen functional groups attached to an aromatic ring is 1. The molecule has 2 unspecified atom stereocenters. The van der Waals surface area contributed by atoms with Crippen LogP contribution in [-0.2, 0) is 0 Å². The van der Waals surface area contributed by atoms with Crippen LogP contribution in [0.15, 0.2) is 12.1 Å². The Morgan fingerprint density at radius 2 is 2.22 bits per heavy atom. The Morgan fingerprint density at radius 3 is 3.06 bits per heavy atom. The monoisotopic (exact) mass is 266 g/mol. The van der Waals surface area contributed by atoms with Gasteiger partial charge in [-0.05, 0) is 38.4 Å². The molecular formula is C13H19ClN4. The number of rotatable bonds is 1. The van der Waals surface area contributed by atoms with Crippen molar-refractivity contribution in [1.29, 1.82) is 0 Å². The van der Waals surface area contributed by atoms with Crippen LogP contribution in [0.3, 0.4) is 0 Å². The normalized spacial score (nSPS) is 28.4. The third-order valence-corrected chi connectivity index (χ3v) is 4.29. The molecule has 0 amide bonds. The number of fused-ring (bicyclic) bond motifs is 1. The molecule has 1 aromatic heterocycles. The number of piperazine rings is 1. The van der Waals surface area contributed by atoms with E-state index in [1.54, 1.807) is 6.07 Å². The van der Waals surface area contributed by atoms with Crippen molar-refractivity contribution in [2.75, 3.05) is 30.3 Å². The Morgan fingerprint density at radius 1 is 1.39 bits per heavy atom. The lowest BCUT2D eigenvalue weighted by Crippen LogP contribution is -2.55. The summed E-state index contributed by atoms with van der Waals surface area (Å²) >= 11 is 5.99. The van der Waals surface area contributed by atoms with Gasteiger partial charge < -0.3 is 10.6 Å². The van der Waals surface area contributed by atoms with Crippen molar-refractivity contribution in [3.8, 4) is 0 Å². The molecule has 2 aliphatic heterocycles. The van der Waals surface area contributed by atoms with Gasteiger partial charge in [-0.15, -0.1) is 0 Å². The second-order valence-corrected chi connectivity index (χ2v) is 5.73. The molecule has 4 nitrogen and oxygen atoms in total. The minimum atomic E-state index is 0.438. The van der Waals surface area contributed by atoms with E-state index in [1.165, 1.54) is 19.4 Å². The number of pyridine rings is 1. The number of nitrogens with two attached hydrogens (primary N) is 1. The number of nitrogens with zero attached hydrogens (tertiary/aromatic N) is 3. The zero-order chi connectivity index (χ0) is 12.7. The van der Waals surface area contributed by atoms with Gasteiger partial charge >= 0.3 is 0 Å². The minimum Gasteiger partial charge on any atom is -0.396 e. The molecule has 2 fully saturated rings. The summed E-state index contributed by atoms with van der Waals surface area (Å²) < 4.78 is 0. The van der Waals surface area contributed by atoms with Crippen LogP contribution in [0.5, 0.6) is 0 Å². The highest BCUT2D eigenvalue weighted by Gasteiger charge is 2.35. The van der Waals surface area contributed by atoms with Gasteiger partial charge in [-0.25, -0.2) is 4.98 Å². The van der Waals surface area contributed by atoms with E-state index in [1.807, 2.05) is 6.07 Å². The topological polar surface area (TPSA) is 45.4 Å². The average molecular weight is 267 g/mol. The molecular weight excluding hydrogens is 248 g/mol. The van der Waals surface area contributed by atoms with E-state index in [4.69, 9.17) is 17.3 Å². The van der Waals surface area contributed by atoms with E-state index < -0.39 is 0 Å². The number of hydrogen-bond acceptors (Lipinski definition) is 4. The summed E-state index contributed by atoms with van der Waals surface area (Å²) in [5.74, 6) is 0.849. The summed E-state index contributed by atoms with van der Waals surface area (Å²) in [4.78, 5) is 9.31. The molecule has 5 heteroatoms. The van der Waals surface area contributed by atoms with Gasteiger partial charge in [0, 0.05) is 25.2 Å². The molecule has 0 radical (unpaired) electrons. The molecule has 0 aliphatic carbocycles. The van der Waals surface area contributed by atoms with Crippen molar-refractivity contribution in [3.05, 3.63) is 17.3 Å². The van der Waals surface area contributed by atoms with Crippen LogP contribution in [-0.4, -0.2) is 41.6 Å². The van der Waals surface area contributed by atoms with E-state index in [-0.39, 0.29) is 0 Å². The fourth-order valence-electron chi connectivity index (χ4n) is 3.15. The van der Waals surface area contributed by atoms with E-state index in [0.29, 0.717) is 17.2 Å². The molecule has 0 saturated carbocycles. The molecule has 2 atom stereocenters. The first kappa shape index (κ1) is 12.1. The van der Waals surface area contributed by atoms with Crippen LogP contribution in [0.25, 0.3) is 0 Å². The van der Waals surface area contributed by atoms with Crippen molar-refractivity contribution < 1.29 is 0 Å². The maximum absolute atomic E-state index is 6.04. The SMILES string of the molecule is CC1CN2CCCC2CN1c1nc(Cl)ccc1N. The highest BCUT2D eigenvalue weighted by molar-refractivity contribution is 6.29. The molecule has 0 bridgehead atoms. The third kappa shape index (κ3) is 2.04. The zero-order valence-electron chi connectivity index (χ0n) is 10.6. The first-order valence-electron chi connectivity index (χ1n) is 6.58. The third-order valence-electron chi connectivity index (χ3n) is 4.08. The lowest BCUT2D eigenvalue weighted by atomic mass is 10.1. The summed E-state index contributed by atoms with van der Waals surface area (Å²) in [6, 6.07) is 4.68. The molecule has 98 valence electrons. The number of halogens is 1. The highest BCUT2D eigenvalue weighted by Crippen LogP contribution is 2.31. The summed E-state index contributed by atoms with van der Waals surface area (Å²) in [6.07, 6.45) is 2.59. The second-order valence-electron chi connectivity index (χ2n) is 5.34. The summed E-state index contributed by atoms with van der Waals surface area (Å²) in [6.45, 7) is 5.58. The van der Waals surface area contributed by atoms with Crippen LogP contribution in [0.1, 0.15) is 19.8 Å². The van der Waals surface area contributed by atoms with Crippen molar-refractivity contribution in [2.24, 2.45) is 0 Å². The highest BCUT2D eigenvalue weighted by atomic mass is 35.5. The van der Waals surface area contributed by atoms with Crippen molar-refractivity contribution in [1.82, 2.24) is 9.88 Å². The van der Waals surface area contributed by atoms with Crippen LogP contribution in [0.4, 0.5) is 11.5 Å². The molecule has 3 heterocycles. The quantitative estimate of drug-likeness (QED) is 0.790. The lowest BCUT2D eigenvalue weighted by Gasteiger charge is -2.43. The average Bonchev–Trinajstić information content (AvgIpc) is 2.78. The molecule has 3 rings (SSSR count). The standard InChI is InChI=1S/C13H19ClN4/c1-9-7-17-6-2-3-10(17)8-18(9)13-11(15)4-5-12(14)16-13/h4-5,9-10H,2-3,6-8,15H2,1H3. The fourth-order valence-corrected chi connectivity index (χ4v) is 3.29. The van der Waals surface area contributed by atoms with Gasteiger partial charge in [0.2, 0.25) is 0 Å². The van der Waals surface area contributed by atoms with Crippen LogP contribution in [0, 0.1) is 0 Å². The van der Waals surface area contributed by atoms with E-state index in [0.717, 1.165) is 24.6 Å². The molecule has 1 aromatic rings. The van der Waals surface area contributed by atoms with Crippen LogP contribution in [0.2, 0.25) is 5.15 Å². The van der Waals surface area contributed by atoms with Crippen molar-refractivity contribution in [3.63, 3.8) is 0 Å². The maximum atomic E-state index is 6.04. The summed E-state index contributed by atoms with van der Waals surface area (Å²) in [5, 5.41) is 0.514. The number of hydrogen-bond donors (Lipinski definition) is 1.